The molecule has 3 rings (SSSR count). The summed E-state index contributed by atoms with van der Waals surface area (Å²) in [6.07, 6.45) is 0.276. The van der Waals surface area contributed by atoms with Crippen molar-refractivity contribution in [2.45, 2.75) is 31.6 Å². The molecule has 9 N–H and O–H groups in total. The van der Waals surface area contributed by atoms with Crippen LogP contribution >= 0.6 is 0 Å². The van der Waals surface area contributed by atoms with Gasteiger partial charge >= 0.3 is 11.9 Å². The van der Waals surface area contributed by atoms with Gasteiger partial charge in [0.1, 0.15) is 17.9 Å². The second-order valence-electron chi connectivity index (χ2n) is 6.91. The molecule has 0 aliphatic carbocycles. The van der Waals surface area contributed by atoms with Crippen LogP contribution in [0.5, 0.6) is 0 Å². The van der Waals surface area contributed by atoms with E-state index in [2.05, 4.69) is 30.9 Å². The number of carboxylic acids is 2. The first-order chi connectivity index (χ1) is 15.2. The van der Waals surface area contributed by atoms with Crippen LogP contribution in [0.2, 0.25) is 0 Å². The lowest BCUT2D eigenvalue weighted by Crippen LogP contribution is -2.41. The summed E-state index contributed by atoms with van der Waals surface area (Å²) in [5, 5.41) is 26.1. The molecule has 1 unspecified atom stereocenters. The van der Waals surface area contributed by atoms with Gasteiger partial charge in [-0.1, -0.05) is 0 Å². The first kappa shape index (κ1) is 22.4. The number of carbonyl (C=O) groups excluding carboxylic acids is 1. The summed E-state index contributed by atoms with van der Waals surface area (Å²) in [5.74, 6) is -2.43. The van der Waals surface area contributed by atoms with Gasteiger partial charge in [0.05, 0.1) is 18.4 Å². The van der Waals surface area contributed by atoms with Crippen LogP contribution in [0.25, 0.3) is 0 Å². The maximum Gasteiger partial charge on any atom is 0.326 e. The normalized spacial score (nSPS) is 15.5. The zero-order chi connectivity index (χ0) is 23.3. The fraction of sp³-hybridized carbons (Fsp3) is 0.263. The Kier molecular flexibility index (Phi) is 6.80. The van der Waals surface area contributed by atoms with Crippen molar-refractivity contribution in [3.05, 3.63) is 47.4 Å². The van der Waals surface area contributed by atoms with Gasteiger partial charge < -0.3 is 37.6 Å². The maximum atomic E-state index is 12.3. The number of hydrogen-bond donors (Lipinski definition) is 7. The summed E-state index contributed by atoms with van der Waals surface area (Å²) >= 11 is 0. The minimum Gasteiger partial charge on any atom is -0.481 e. The van der Waals surface area contributed by atoms with Crippen molar-refractivity contribution in [1.82, 2.24) is 15.3 Å². The van der Waals surface area contributed by atoms with Gasteiger partial charge in [-0.3, -0.25) is 9.59 Å². The lowest BCUT2D eigenvalue weighted by atomic mass is 10.1. The number of nitrogens with two attached hydrogens (primary N) is 2. The quantitative estimate of drug-likeness (QED) is 0.270. The number of guanidine groups is 1. The zero-order valence-electron chi connectivity index (χ0n) is 16.8. The van der Waals surface area contributed by atoms with E-state index in [0.717, 1.165) is 0 Å². The number of aliphatic carboxylic acids is 2. The number of fused-ring (bicyclic) bond motifs is 1. The van der Waals surface area contributed by atoms with Crippen molar-refractivity contribution in [2.24, 2.45) is 16.5 Å². The Bertz CT molecular complexity index is 1060. The van der Waals surface area contributed by atoms with Crippen molar-refractivity contribution in [1.29, 1.82) is 0 Å². The lowest BCUT2D eigenvalue weighted by Gasteiger charge is -2.19. The van der Waals surface area contributed by atoms with Gasteiger partial charge in [-0.2, -0.15) is 0 Å². The summed E-state index contributed by atoms with van der Waals surface area (Å²) in [5.41, 5.74) is 13.5. The third kappa shape index (κ3) is 5.66. The first-order valence-electron chi connectivity index (χ1n) is 9.54. The molecule has 32 heavy (non-hydrogen) atoms. The van der Waals surface area contributed by atoms with Crippen LogP contribution in [0.15, 0.2) is 35.5 Å². The molecule has 0 bridgehead atoms. The predicted molar refractivity (Wildman–Crippen MR) is 114 cm³/mol. The number of aromatic nitrogens is 2. The Balaban J connectivity index is 1.58. The number of nitrogens with zero attached hydrogens (tertiary/aromatic N) is 3. The summed E-state index contributed by atoms with van der Waals surface area (Å²) < 4.78 is 0. The molecule has 1 aliphatic rings. The number of amides is 1. The Morgan fingerprint density at radius 3 is 2.56 bits per heavy atom. The van der Waals surface area contributed by atoms with Crippen molar-refractivity contribution in [3.63, 3.8) is 0 Å². The maximum absolute atomic E-state index is 12.3. The molecule has 1 aliphatic heterocycles. The zero-order valence-corrected chi connectivity index (χ0v) is 16.8. The topological polar surface area (TPSA) is 218 Å². The second kappa shape index (κ2) is 9.70. The third-order valence-electron chi connectivity index (χ3n) is 4.53. The highest BCUT2D eigenvalue weighted by Crippen LogP contribution is 2.22. The van der Waals surface area contributed by atoms with Crippen molar-refractivity contribution in [3.8, 4) is 0 Å². The van der Waals surface area contributed by atoms with Crippen LogP contribution < -0.4 is 27.4 Å². The first-order valence-corrected chi connectivity index (χ1v) is 9.54. The van der Waals surface area contributed by atoms with Crippen molar-refractivity contribution >= 4 is 35.3 Å². The van der Waals surface area contributed by atoms with E-state index in [0.29, 0.717) is 29.4 Å². The number of hydrogen-bond acceptors (Lipinski definition) is 10. The molecule has 1 aromatic heterocycles. The molecule has 0 saturated carbocycles. The van der Waals surface area contributed by atoms with Crippen LogP contribution in [-0.4, -0.2) is 50.0 Å². The predicted octanol–water partition coefficient (Wildman–Crippen LogP) is -0.166. The van der Waals surface area contributed by atoms with E-state index in [1.165, 1.54) is 12.1 Å². The molecule has 0 saturated heterocycles. The Hall–Kier alpha value is -4.26. The molecule has 1 aromatic carbocycles. The number of nitrogens with one attached hydrogen (secondary N) is 3. The highest BCUT2D eigenvalue weighted by atomic mass is 16.4. The van der Waals surface area contributed by atoms with E-state index in [9.17, 15) is 14.4 Å². The van der Waals surface area contributed by atoms with E-state index in [1.54, 1.807) is 18.3 Å². The van der Waals surface area contributed by atoms with Crippen LogP contribution in [0.1, 0.15) is 40.8 Å². The Morgan fingerprint density at radius 2 is 1.91 bits per heavy atom. The number of carboxylic acid groups (broad SMARTS) is 2. The molecule has 2 aromatic rings. The average molecular weight is 442 g/mol. The minimum absolute atomic E-state index is 0.172. The number of aliphatic imine (C=N–C) groups is 1. The molecule has 168 valence electrons. The van der Waals surface area contributed by atoms with E-state index < -0.39 is 30.1 Å². The van der Waals surface area contributed by atoms with Crippen LogP contribution in [0, 0.1) is 0 Å². The fourth-order valence-corrected chi connectivity index (χ4v) is 2.89. The molecule has 1 amide bonds. The molecule has 0 fully saturated rings. The Labute approximate surface area is 182 Å². The third-order valence-corrected chi connectivity index (χ3v) is 4.53. The van der Waals surface area contributed by atoms with Gasteiger partial charge in [0, 0.05) is 17.7 Å². The van der Waals surface area contributed by atoms with Crippen molar-refractivity contribution in [2.75, 3.05) is 10.6 Å². The number of carbonyl (C=O) groups is 3. The molecule has 13 heteroatoms. The van der Waals surface area contributed by atoms with E-state index in [-0.39, 0.29) is 24.4 Å². The molecule has 0 spiro atoms. The molecular weight excluding hydrogens is 420 g/mol. The van der Waals surface area contributed by atoms with Gasteiger partial charge in [0.25, 0.3) is 5.91 Å². The second-order valence-corrected chi connectivity index (χ2v) is 6.91. The molecule has 2 atom stereocenters. The summed E-state index contributed by atoms with van der Waals surface area (Å²) in [4.78, 5) is 46.8. The summed E-state index contributed by atoms with van der Waals surface area (Å²) in [6.45, 7) is 0.327. The Morgan fingerprint density at radius 1 is 1.19 bits per heavy atom. The molecule has 13 nitrogen and oxygen atoms in total. The summed E-state index contributed by atoms with van der Waals surface area (Å²) in [7, 11) is 0. The molecule has 0 radical (unpaired) electrons. The summed E-state index contributed by atoms with van der Waals surface area (Å²) in [6, 6.07) is 5.03. The smallest absolute Gasteiger partial charge is 0.326 e. The standard InChI is InChI=1S/C19H22N8O5/c20-15-14-16(27-19(21)26-15)23-8-11(24-14)7-22-10-3-1-9(2-4-10)17(30)25-12(18(31)32)5-6-13(28)29/h1-4,8,12,15,22H,5-7,20H2,(H,25,30)(H,28,29)(H,31,32)(H3,21,23,26,27)/t12-,15?/m0/s1. The van der Waals surface area contributed by atoms with Gasteiger partial charge in [0.2, 0.25) is 0 Å². The molecule has 2 heterocycles. The molecular formula is C19H22N8O5. The highest BCUT2D eigenvalue weighted by Gasteiger charge is 2.22. The highest BCUT2D eigenvalue weighted by molar-refractivity contribution is 5.97. The van der Waals surface area contributed by atoms with Gasteiger partial charge in [-0.25, -0.2) is 19.8 Å². The average Bonchev–Trinajstić information content (AvgIpc) is 2.75. The van der Waals surface area contributed by atoms with Gasteiger partial charge in [-0.05, 0) is 30.7 Å². The van der Waals surface area contributed by atoms with Crippen LogP contribution in [0.3, 0.4) is 0 Å². The lowest BCUT2D eigenvalue weighted by molar-refractivity contribution is -0.140. The van der Waals surface area contributed by atoms with E-state index >= 15 is 0 Å². The largest absolute Gasteiger partial charge is 0.481 e. The van der Waals surface area contributed by atoms with Crippen LogP contribution in [0.4, 0.5) is 11.5 Å². The number of rotatable bonds is 9. The van der Waals surface area contributed by atoms with E-state index in [4.69, 9.17) is 21.7 Å². The fourth-order valence-electron chi connectivity index (χ4n) is 2.89. The van der Waals surface area contributed by atoms with Crippen molar-refractivity contribution < 1.29 is 24.6 Å². The minimum atomic E-state index is -1.30. The van der Waals surface area contributed by atoms with Crippen LogP contribution in [-0.2, 0) is 16.1 Å². The van der Waals surface area contributed by atoms with E-state index in [1.807, 2.05) is 0 Å². The number of anilines is 2. The monoisotopic (exact) mass is 442 g/mol. The number of benzene rings is 1. The van der Waals surface area contributed by atoms with Gasteiger partial charge in [-0.15, -0.1) is 0 Å². The van der Waals surface area contributed by atoms with Gasteiger partial charge in [0.15, 0.2) is 11.8 Å². The SMILES string of the molecule is NC1=NC(N)c2nc(CNc3ccc(C(=O)N[C@@H](CCC(=O)O)C(=O)O)cc3)cnc2N1.